The van der Waals surface area contributed by atoms with Gasteiger partial charge >= 0.3 is 0 Å². The van der Waals surface area contributed by atoms with E-state index in [1.165, 1.54) is 18.3 Å². The molecule has 0 unspecified atom stereocenters. The van der Waals surface area contributed by atoms with Crippen molar-refractivity contribution in [2.75, 3.05) is 0 Å². The van der Waals surface area contributed by atoms with Crippen LogP contribution in [0.25, 0.3) is 0 Å². The lowest BCUT2D eigenvalue weighted by Gasteiger charge is -2.38. The van der Waals surface area contributed by atoms with Crippen molar-refractivity contribution in [1.29, 1.82) is 0 Å². The molecule has 1 aromatic heterocycles. The predicted octanol–water partition coefficient (Wildman–Crippen LogP) is 5.18. The number of hydrogen-bond acceptors (Lipinski definition) is 2. The summed E-state index contributed by atoms with van der Waals surface area (Å²) in [5.41, 5.74) is 0.264. The van der Waals surface area contributed by atoms with Crippen LogP contribution in [0, 0.1) is 0 Å². The van der Waals surface area contributed by atoms with Crippen LogP contribution < -0.4 is 5.32 Å². The lowest BCUT2D eigenvalue weighted by Crippen LogP contribution is -2.46. The van der Waals surface area contributed by atoms with E-state index in [2.05, 4.69) is 10.3 Å². The highest BCUT2D eigenvalue weighted by Crippen LogP contribution is 2.41. The van der Waals surface area contributed by atoms with E-state index in [4.69, 9.17) is 23.2 Å². The molecule has 25 heavy (non-hydrogen) atoms. The number of benzene rings is 1. The fraction of sp³-hybridized carbons (Fsp3) is 0.333. The smallest absolute Gasteiger partial charge is 0.272 e. The molecule has 0 radical (unpaired) electrons. The number of nitrogens with zero attached hydrogens (tertiary/aromatic N) is 1. The van der Waals surface area contributed by atoms with Crippen LogP contribution in [0.2, 0.25) is 10.0 Å². The average molecular weight is 385 g/mol. The van der Waals surface area contributed by atoms with Crippen LogP contribution in [-0.2, 0) is 5.92 Å². The van der Waals surface area contributed by atoms with Gasteiger partial charge in [0.15, 0.2) is 0 Å². The van der Waals surface area contributed by atoms with Gasteiger partial charge in [-0.25, -0.2) is 8.78 Å². The molecule has 1 aliphatic carbocycles. The molecule has 2 aromatic rings. The van der Waals surface area contributed by atoms with E-state index in [9.17, 15) is 13.6 Å². The number of halogens is 4. The zero-order valence-electron chi connectivity index (χ0n) is 13.4. The summed E-state index contributed by atoms with van der Waals surface area (Å²) < 4.78 is 27.4. The Labute approximate surface area is 154 Å². The Morgan fingerprint density at radius 3 is 2.64 bits per heavy atom. The molecule has 3 nitrogen and oxygen atoms in total. The minimum Gasteiger partial charge on any atom is -0.347 e. The van der Waals surface area contributed by atoms with Crippen molar-refractivity contribution >= 4 is 29.1 Å². The third-order valence-electron chi connectivity index (χ3n) is 4.45. The van der Waals surface area contributed by atoms with Gasteiger partial charge in [0.2, 0.25) is 0 Å². The van der Waals surface area contributed by atoms with Gasteiger partial charge in [-0.1, -0.05) is 29.3 Å². The van der Waals surface area contributed by atoms with Crippen LogP contribution >= 0.6 is 23.2 Å². The van der Waals surface area contributed by atoms with Crippen LogP contribution in [0.5, 0.6) is 0 Å². The standard InChI is InChI=1S/C18H16Cl2F2N2O/c1-18(21,22)13-3-2-8-23-16(13)17(25)24-15-7-6-12(15)11-5-4-10(19)9-14(11)20/h2-5,8-9,12,15H,6-7H2,1H3,(H,24,25)/t12-,15-/m1/s1. The molecule has 1 saturated carbocycles. The minimum absolute atomic E-state index is 0.0306. The van der Waals surface area contributed by atoms with Crippen molar-refractivity contribution in [2.45, 2.75) is 37.6 Å². The van der Waals surface area contributed by atoms with Crippen LogP contribution in [0.3, 0.4) is 0 Å². The zero-order valence-corrected chi connectivity index (χ0v) is 14.9. The SMILES string of the molecule is CC(F)(F)c1cccnc1C(=O)N[C@@H]1CC[C@@H]1c1ccc(Cl)cc1Cl. The Kier molecular flexibility index (Phi) is 4.98. The van der Waals surface area contributed by atoms with Gasteiger partial charge in [0.25, 0.3) is 11.8 Å². The summed E-state index contributed by atoms with van der Waals surface area (Å²) in [4.78, 5) is 16.3. The Morgan fingerprint density at radius 1 is 1.28 bits per heavy atom. The first-order valence-corrected chi connectivity index (χ1v) is 8.62. The van der Waals surface area contributed by atoms with Crippen molar-refractivity contribution < 1.29 is 13.6 Å². The molecule has 132 valence electrons. The molecule has 0 saturated heterocycles. The van der Waals surface area contributed by atoms with Gasteiger partial charge in [-0.3, -0.25) is 9.78 Å². The summed E-state index contributed by atoms with van der Waals surface area (Å²) in [6.07, 6.45) is 2.93. The van der Waals surface area contributed by atoms with Crippen LogP contribution in [0.1, 0.15) is 47.3 Å². The highest BCUT2D eigenvalue weighted by molar-refractivity contribution is 6.35. The van der Waals surface area contributed by atoms with Gasteiger partial charge in [0.05, 0.1) is 5.56 Å². The first-order valence-electron chi connectivity index (χ1n) is 7.86. The molecule has 1 amide bonds. The number of pyridine rings is 1. The number of amides is 1. The van der Waals surface area contributed by atoms with Crippen molar-refractivity contribution in [3.63, 3.8) is 0 Å². The number of carbonyl (C=O) groups is 1. The first-order chi connectivity index (χ1) is 11.8. The average Bonchev–Trinajstić information content (AvgIpc) is 2.53. The number of aromatic nitrogens is 1. The molecule has 1 fully saturated rings. The minimum atomic E-state index is -3.14. The van der Waals surface area contributed by atoms with E-state index in [1.807, 2.05) is 6.07 Å². The second-order valence-corrected chi connectivity index (χ2v) is 7.06. The van der Waals surface area contributed by atoms with Crippen molar-refractivity contribution in [3.8, 4) is 0 Å². The number of alkyl halides is 2. The van der Waals surface area contributed by atoms with Crippen molar-refractivity contribution in [3.05, 3.63) is 63.4 Å². The Hall–Kier alpha value is -1.72. The first kappa shape index (κ1) is 18.1. The summed E-state index contributed by atoms with van der Waals surface area (Å²) >= 11 is 12.1. The predicted molar refractivity (Wildman–Crippen MR) is 93.5 cm³/mol. The maximum Gasteiger partial charge on any atom is 0.272 e. The molecule has 2 atom stereocenters. The van der Waals surface area contributed by atoms with Crippen molar-refractivity contribution in [2.24, 2.45) is 0 Å². The number of nitrogens with one attached hydrogen (secondary N) is 1. The number of rotatable bonds is 4. The maximum absolute atomic E-state index is 13.7. The number of carbonyl (C=O) groups excluding carboxylic acids is 1. The molecule has 0 bridgehead atoms. The molecular weight excluding hydrogens is 369 g/mol. The highest BCUT2D eigenvalue weighted by atomic mass is 35.5. The molecule has 0 aliphatic heterocycles. The van der Waals surface area contributed by atoms with E-state index >= 15 is 0 Å². The molecule has 7 heteroatoms. The van der Waals surface area contributed by atoms with Gasteiger partial charge in [0, 0.05) is 35.1 Å². The molecule has 1 N–H and O–H groups in total. The Bertz CT molecular complexity index is 808. The molecule has 1 aliphatic rings. The van der Waals surface area contributed by atoms with Crippen molar-refractivity contribution in [1.82, 2.24) is 10.3 Å². The molecule has 1 aromatic carbocycles. The molecular formula is C18H16Cl2F2N2O. The summed E-state index contributed by atoms with van der Waals surface area (Å²) in [6.45, 7) is 0.750. The summed E-state index contributed by atoms with van der Waals surface area (Å²) in [6, 6.07) is 7.67. The lowest BCUT2D eigenvalue weighted by atomic mass is 9.75. The van der Waals surface area contributed by atoms with Gasteiger partial charge < -0.3 is 5.32 Å². The third-order valence-corrected chi connectivity index (χ3v) is 5.01. The molecule has 1 heterocycles. The van der Waals surface area contributed by atoms with E-state index in [1.54, 1.807) is 12.1 Å². The second-order valence-electron chi connectivity index (χ2n) is 6.22. The van der Waals surface area contributed by atoms with E-state index in [-0.39, 0.29) is 23.2 Å². The summed E-state index contributed by atoms with van der Waals surface area (Å²) in [5, 5.41) is 3.89. The van der Waals surface area contributed by atoms with Crippen LogP contribution in [0.4, 0.5) is 8.78 Å². The van der Waals surface area contributed by atoms with Gasteiger partial charge in [-0.2, -0.15) is 0 Å². The molecule has 3 rings (SSSR count). The maximum atomic E-state index is 13.7. The normalized spacial score (nSPS) is 20.0. The third kappa shape index (κ3) is 3.77. The Morgan fingerprint density at radius 2 is 2.04 bits per heavy atom. The Balaban J connectivity index is 1.78. The van der Waals surface area contributed by atoms with E-state index in [0.717, 1.165) is 25.3 Å². The van der Waals surface area contributed by atoms with Gasteiger partial charge in [0.1, 0.15) is 5.69 Å². The largest absolute Gasteiger partial charge is 0.347 e. The second kappa shape index (κ2) is 6.89. The fourth-order valence-electron chi connectivity index (χ4n) is 3.02. The van der Waals surface area contributed by atoms with E-state index in [0.29, 0.717) is 10.0 Å². The fourth-order valence-corrected chi connectivity index (χ4v) is 3.57. The monoisotopic (exact) mass is 384 g/mol. The quantitative estimate of drug-likeness (QED) is 0.789. The summed E-state index contributed by atoms with van der Waals surface area (Å²) in [7, 11) is 0. The molecule has 0 spiro atoms. The highest BCUT2D eigenvalue weighted by Gasteiger charge is 2.37. The van der Waals surface area contributed by atoms with Crippen LogP contribution in [-0.4, -0.2) is 16.9 Å². The lowest BCUT2D eigenvalue weighted by molar-refractivity contribution is 0.0158. The summed E-state index contributed by atoms with van der Waals surface area (Å²) in [5.74, 6) is -3.71. The van der Waals surface area contributed by atoms with E-state index < -0.39 is 11.8 Å². The number of hydrogen-bond donors (Lipinski definition) is 1. The topological polar surface area (TPSA) is 42.0 Å². The van der Waals surface area contributed by atoms with Crippen LogP contribution in [0.15, 0.2) is 36.5 Å². The zero-order chi connectivity index (χ0) is 18.2. The van der Waals surface area contributed by atoms with Gasteiger partial charge in [-0.15, -0.1) is 0 Å². The van der Waals surface area contributed by atoms with Gasteiger partial charge in [-0.05, 0) is 42.7 Å².